The molecular formula is C19H30N2O3S. The first-order chi connectivity index (χ1) is 11.6. The SMILES string of the molecule is CCCCN([C@H]1C[C@@H]1C(=O)NC(C)(C)C)S(=O)(=O)c1ccc(C)cc1. The van der Waals surface area contributed by atoms with Gasteiger partial charge in [0.15, 0.2) is 0 Å². The van der Waals surface area contributed by atoms with Crippen LogP contribution in [0.2, 0.25) is 0 Å². The Morgan fingerprint density at radius 1 is 1.24 bits per heavy atom. The van der Waals surface area contributed by atoms with Gasteiger partial charge in [0, 0.05) is 18.1 Å². The first-order valence-electron chi connectivity index (χ1n) is 8.97. The predicted molar refractivity (Wildman–Crippen MR) is 99.8 cm³/mol. The number of unbranched alkanes of at least 4 members (excludes halogenated alkanes) is 1. The second kappa shape index (κ2) is 7.46. The lowest BCUT2D eigenvalue weighted by atomic mass is 10.1. The van der Waals surface area contributed by atoms with Crippen molar-refractivity contribution in [3.63, 3.8) is 0 Å². The highest BCUT2D eigenvalue weighted by atomic mass is 32.2. The van der Waals surface area contributed by atoms with Gasteiger partial charge in [0.1, 0.15) is 0 Å². The molecule has 0 spiro atoms. The van der Waals surface area contributed by atoms with Crippen LogP contribution in [-0.2, 0) is 14.8 Å². The van der Waals surface area contributed by atoms with Gasteiger partial charge in [-0.05, 0) is 52.7 Å². The van der Waals surface area contributed by atoms with Crippen LogP contribution < -0.4 is 5.32 Å². The molecule has 1 aromatic rings. The van der Waals surface area contributed by atoms with Crippen molar-refractivity contribution in [1.29, 1.82) is 0 Å². The van der Waals surface area contributed by atoms with Gasteiger partial charge in [-0.1, -0.05) is 31.0 Å². The summed E-state index contributed by atoms with van der Waals surface area (Å²) >= 11 is 0. The molecule has 1 saturated carbocycles. The summed E-state index contributed by atoms with van der Waals surface area (Å²) in [5, 5.41) is 2.96. The van der Waals surface area contributed by atoms with E-state index < -0.39 is 10.0 Å². The highest BCUT2D eigenvalue weighted by Gasteiger charge is 2.51. The Kier molecular flexibility index (Phi) is 5.94. The van der Waals surface area contributed by atoms with Gasteiger partial charge >= 0.3 is 0 Å². The number of carbonyl (C=O) groups is 1. The minimum atomic E-state index is -3.58. The van der Waals surface area contributed by atoms with Crippen molar-refractivity contribution in [1.82, 2.24) is 9.62 Å². The molecule has 140 valence electrons. The summed E-state index contributed by atoms with van der Waals surface area (Å²) in [5.74, 6) is -0.311. The number of amides is 1. The van der Waals surface area contributed by atoms with E-state index in [2.05, 4.69) is 5.32 Å². The molecular weight excluding hydrogens is 336 g/mol. The molecule has 0 bridgehead atoms. The number of sulfonamides is 1. The van der Waals surface area contributed by atoms with Crippen LogP contribution in [0.1, 0.15) is 52.5 Å². The minimum Gasteiger partial charge on any atom is -0.351 e. The lowest BCUT2D eigenvalue weighted by molar-refractivity contribution is -0.124. The molecule has 2 rings (SSSR count). The molecule has 0 radical (unpaired) electrons. The Balaban J connectivity index is 2.20. The molecule has 0 heterocycles. The van der Waals surface area contributed by atoms with Gasteiger partial charge in [-0.25, -0.2) is 8.42 Å². The van der Waals surface area contributed by atoms with Gasteiger partial charge in [-0.2, -0.15) is 4.31 Å². The average molecular weight is 367 g/mol. The highest BCUT2D eigenvalue weighted by Crippen LogP contribution is 2.39. The Morgan fingerprint density at radius 3 is 2.36 bits per heavy atom. The molecule has 1 aliphatic carbocycles. The summed E-state index contributed by atoms with van der Waals surface area (Å²) in [6, 6.07) is 6.68. The summed E-state index contributed by atoms with van der Waals surface area (Å²) in [4.78, 5) is 12.7. The van der Waals surface area contributed by atoms with E-state index in [1.807, 2.05) is 46.8 Å². The Labute approximate surface area is 151 Å². The van der Waals surface area contributed by atoms with Crippen molar-refractivity contribution >= 4 is 15.9 Å². The van der Waals surface area contributed by atoms with Crippen molar-refractivity contribution in [3.8, 4) is 0 Å². The van der Waals surface area contributed by atoms with Crippen molar-refractivity contribution in [2.75, 3.05) is 6.54 Å². The third-order valence-electron chi connectivity index (χ3n) is 4.32. The first-order valence-corrected chi connectivity index (χ1v) is 10.4. The van der Waals surface area contributed by atoms with E-state index in [0.717, 1.165) is 18.4 Å². The zero-order valence-electron chi connectivity index (χ0n) is 15.9. The maximum absolute atomic E-state index is 13.1. The lowest BCUT2D eigenvalue weighted by Crippen LogP contribution is -2.43. The van der Waals surface area contributed by atoms with Crippen LogP contribution in [0.5, 0.6) is 0 Å². The molecule has 1 aliphatic rings. The van der Waals surface area contributed by atoms with E-state index in [1.165, 1.54) is 4.31 Å². The first kappa shape index (κ1) is 19.9. The quantitative estimate of drug-likeness (QED) is 0.806. The fourth-order valence-electron chi connectivity index (χ4n) is 2.87. The molecule has 2 atom stereocenters. The molecule has 0 saturated heterocycles. The number of hydrogen-bond donors (Lipinski definition) is 1. The Morgan fingerprint density at radius 2 is 1.84 bits per heavy atom. The molecule has 0 aromatic heterocycles. The molecule has 5 nitrogen and oxygen atoms in total. The maximum Gasteiger partial charge on any atom is 0.243 e. The van der Waals surface area contributed by atoms with E-state index in [1.54, 1.807) is 12.1 Å². The van der Waals surface area contributed by atoms with Crippen molar-refractivity contribution in [2.45, 2.75) is 70.4 Å². The molecule has 0 unspecified atom stereocenters. The van der Waals surface area contributed by atoms with Crippen LogP contribution >= 0.6 is 0 Å². The van der Waals surface area contributed by atoms with E-state index in [4.69, 9.17) is 0 Å². The number of carbonyl (C=O) groups excluding carboxylic acids is 1. The van der Waals surface area contributed by atoms with E-state index in [9.17, 15) is 13.2 Å². The molecule has 1 N–H and O–H groups in total. The number of hydrogen-bond acceptors (Lipinski definition) is 3. The van der Waals surface area contributed by atoms with Gasteiger partial charge in [-0.15, -0.1) is 0 Å². The fourth-order valence-corrected chi connectivity index (χ4v) is 4.58. The summed E-state index contributed by atoms with van der Waals surface area (Å²) in [7, 11) is -3.58. The van der Waals surface area contributed by atoms with Crippen LogP contribution in [0.15, 0.2) is 29.2 Å². The monoisotopic (exact) mass is 366 g/mol. The second-order valence-corrected chi connectivity index (χ2v) is 9.82. The topological polar surface area (TPSA) is 66.5 Å². The molecule has 1 aromatic carbocycles. The van der Waals surface area contributed by atoms with E-state index in [-0.39, 0.29) is 23.4 Å². The molecule has 6 heteroatoms. The zero-order valence-corrected chi connectivity index (χ0v) is 16.7. The highest BCUT2D eigenvalue weighted by molar-refractivity contribution is 7.89. The number of rotatable bonds is 7. The number of aryl methyl sites for hydroxylation is 1. The summed E-state index contributed by atoms with van der Waals surface area (Å²) in [6.07, 6.45) is 2.29. The predicted octanol–water partition coefficient (Wildman–Crippen LogP) is 3.09. The Bertz CT molecular complexity index is 705. The third-order valence-corrected chi connectivity index (χ3v) is 6.26. The summed E-state index contributed by atoms with van der Waals surface area (Å²) in [5.41, 5.74) is 0.710. The molecule has 25 heavy (non-hydrogen) atoms. The number of nitrogens with zero attached hydrogens (tertiary/aromatic N) is 1. The van der Waals surface area contributed by atoms with Crippen LogP contribution in [0.25, 0.3) is 0 Å². The molecule has 1 fully saturated rings. The van der Waals surface area contributed by atoms with Crippen molar-refractivity contribution in [3.05, 3.63) is 29.8 Å². The van der Waals surface area contributed by atoms with E-state index >= 15 is 0 Å². The standard InChI is InChI=1S/C19H30N2O3S/c1-6-7-12-21(17-13-16(17)18(22)20-19(3,4)5)25(23,24)15-10-8-14(2)9-11-15/h8-11,16-17H,6-7,12-13H2,1-5H3,(H,20,22)/t16-,17-/m0/s1. The lowest BCUT2D eigenvalue weighted by Gasteiger charge is -2.24. The Hall–Kier alpha value is -1.40. The second-order valence-electron chi connectivity index (χ2n) is 7.93. The van der Waals surface area contributed by atoms with Crippen molar-refractivity contribution in [2.24, 2.45) is 5.92 Å². The van der Waals surface area contributed by atoms with Crippen molar-refractivity contribution < 1.29 is 13.2 Å². The van der Waals surface area contributed by atoms with Crippen LogP contribution in [0.4, 0.5) is 0 Å². The number of benzene rings is 1. The average Bonchev–Trinajstić information content (AvgIpc) is 3.26. The third kappa shape index (κ3) is 5.05. The van der Waals surface area contributed by atoms with E-state index in [0.29, 0.717) is 17.9 Å². The summed E-state index contributed by atoms with van der Waals surface area (Å²) in [6.45, 7) is 10.2. The zero-order chi connectivity index (χ0) is 18.8. The molecule has 1 amide bonds. The maximum atomic E-state index is 13.1. The van der Waals surface area contributed by atoms with Gasteiger partial charge < -0.3 is 5.32 Å². The molecule has 0 aliphatic heterocycles. The minimum absolute atomic E-state index is 0.0573. The normalized spacial score (nSPS) is 20.6. The summed E-state index contributed by atoms with van der Waals surface area (Å²) < 4.78 is 27.7. The number of nitrogens with one attached hydrogen (secondary N) is 1. The van der Waals surface area contributed by atoms with Gasteiger partial charge in [0.2, 0.25) is 15.9 Å². The van der Waals surface area contributed by atoms with Gasteiger partial charge in [-0.3, -0.25) is 4.79 Å². The van der Waals surface area contributed by atoms with Crippen LogP contribution in [0, 0.1) is 12.8 Å². The largest absolute Gasteiger partial charge is 0.351 e. The van der Waals surface area contributed by atoms with Gasteiger partial charge in [0.05, 0.1) is 10.8 Å². The van der Waals surface area contributed by atoms with Gasteiger partial charge in [0.25, 0.3) is 0 Å². The van der Waals surface area contributed by atoms with Crippen LogP contribution in [-0.4, -0.2) is 36.8 Å². The van der Waals surface area contributed by atoms with Crippen LogP contribution in [0.3, 0.4) is 0 Å². The fraction of sp³-hybridized carbons (Fsp3) is 0.632. The smallest absolute Gasteiger partial charge is 0.243 e.